The number of anilines is 2. The molecule has 62 heavy (non-hydrogen) atoms. The van der Waals surface area contributed by atoms with Crippen molar-refractivity contribution in [1.29, 1.82) is 0 Å². The molecular weight excluding hydrogens is 827 g/mol. The number of rotatable bonds is 12. The average molecular weight is 868 g/mol. The van der Waals surface area contributed by atoms with Crippen molar-refractivity contribution in [2.45, 2.75) is 37.5 Å². The van der Waals surface area contributed by atoms with Crippen LogP contribution in [0.15, 0.2) is 182 Å². The highest BCUT2D eigenvalue weighted by atomic mass is 35.5. The smallest absolute Gasteiger partial charge is 0.337 e. The van der Waals surface area contributed by atoms with Gasteiger partial charge in [0, 0.05) is 11.1 Å². The fraction of sp³-hybridized carbons (Fsp3) is 0.120. The van der Waals surface area contributed by atoms with Crippen molar-refractivity contribution in [2.24, 2.45) is 0 Å². The van der Waals surface area contributed by atoms with Crippen LogP contribution in [0.25, 0.3) is 0 Å². The Morgan fingerprint density at radius 2 is 0.790 bits per heavy atom. The highest BCUT2D eigenvalue weighted by molar-refractivity contribution is 6.36. The summed E-state index contributed by atoms with van der Waals surface area (Å²) < 4.78 is 10.6. The molecule has 0 aliphatic carbocycles. The van der Waals surface area contributed by atoms with E-state index in [0.29, 0.717) is 21.4 Å². The molecule has 2 amide bonds. The molecule has 0 bridgehead atoms. The summed E-state index contributed by atoms with van der Waals surface area (Å²) >= 11 is 12.8. The maximum Gasteiger partial charge on any atom is 0.337 e. The lowest BCUT2D eigenvalue weighted by Gasteiger charge is -2.24. The third kappa shape index (κ3) is 8.41. The molecule has 10 nitrogen and oxygen atoms in total. The highest BCUT2D eigenvalue weighted by Gasteiger charge is 2.56. The van der Waals surface area contributed by atoms with E-state index in [2.05, 4.69) is 13.2 Å². The summed E-state index contributed by atoms with van der Waals surface area (Å²) in [7, 11) is 0. The van der Waals surface area contributed by atoms with E-state index >= 15 is 0 Å². The zero-order chi connectivity index (χ0) is 44.0. The second-order valence-electron chi connectivity index (χ2n) is 14.5. The summed E-state index contributed by atoms with van der Waals surface area (Å²) in [5, 5.41) is 23.5. The highest BCUT2D eigenvalue weighted by Crippen LogP contribution is 2.49. The summed E-state index contributed by atoms with van der Waals surface area (Å²) in [6.07, 6.45) is 0. The van der Waals surface area contributed by atoms with E-state index < -0.39 is 35.0 Å². The molecule has 0 saturated carbocycles. The Morgan fingerprint density at radius 3 is 1.11 bits per heavy atom. The minimum atomic E-state index is -2.26. The van der Waals surface area contributed by atoms with Gasteiger partial charge >= 0.3 is 11.9 Å². The zero-order valence-electron chi connectivity index (χ0n) is 33.2. The van der Waals surface area contributed by atoms with E-state index in [9.17, 15) is 29.4 Å². The number of fused-ring (bicyclic) bond motifs is 2. The predicted molar refractivity (Wildman–Crippen MR) is 237 cm³/mol. The molecule has 2 aliphatic heterocycles. The third-order valence-electron chi connectivity index (χ3n) is 10.6. The number of ether oxygens (including phenoxy) is 2. The van der Waals surface area contributed by atoms with Crippen LogP contribution in [-0.4, -0.2) is 34.0 Å². The summed E-state index contributed by atoms with van der Waals surface area (Å²) in [6.45, 7) is 7.82. The van der Waals surface area contributed by atoms with Crippen LogP contribution in [0.5, 0.6) is 0 Å². The van der Waals surface area contributed by atoms with E-state index in [4.69, 9.17) is 32.7 Å². The van der Waals surface area contributed by atoms with Crippen LogP contribution in [0.2, 0.25) is 10.0 Å². The van der Waals surface area contributed by atoms with Crippen molar-refractivity contribution in [3.63, 3.8) is 0 Å². The van der Waals surface area contributed by atoms with Crippen LogP contribution >= 0.6 is 23.2 Å². The second-order valence-corrected chi connectivity index (χ2v) is 15.3. The lowest BCUT2D eigenvalue weighted by molar-refractivity contribution is -0.147. The molecule has 0 aromatic heterocycles. The van der Waals surface area contributed by atoms with E-state index in [1.54, 1.807) is 36.4 Å². The normalized spacial score (nSPS) is 17.4. The van der Waals surface area contributed by atoms with Crippen LogP contribution in [0.3, 0.4) is 0 Å². The average Bonchev–Trinajstić information content (AvgIpc) is 3.66. The first-order chi connectivity index (χ1) is 29.8. The topological polar surface area (TPSA) is 134 Å². The fourth-order valence-corrected chi connectivity index (χ4v) is 7.87. The maximum atomic E-state index is 13.4. The van der Waals surface area contributed by atoms with Crippen LogP contribution in [0.4, 0.5) is 11.4 Å². The summed E-state index contributed by atoms with van der Waals surface area (Å²) in [5.74, 6) is -3.10. The molecule has 0 saturated heterocycles. The quantitative estimate of drug-likeness (QED) is 0.0922. The molecule has 8 rings (SSSR count). The minimum Gasteiger partial charge on any atom is -0.457 e. The van der Waals surface area contributed by atoms with Crippen LogP contribution < -0.4 is 9.80 Å². The van der Waals surface area contributed by atoms with Crippen molar-refractivity contribution in [3.05, 3.63) is 225 Å². The SMILES string of the molecule is C=C(C(=O)OCc1ccccc1)[C@@]1(O)C(=O)N(Cc2ccccc2)c2c(Cl)cccc21.C=C(C(=O)OCc1ccccc1)[C@@]1(O)C(=O)N(Cc2ccccc2)c2c(Cl)cccc21. The second kappa shape index (κ2) is 18.4. The molecule has 0 fully saturated rings. The fourth-order valence-electron chi connectivity index (χ4n) is 7.32. The van der Waals surface area contributed by atoms with Gasteiger partial charge in [0.25, 0.3) is 11.8 Å². The molecule has 2 N–H and O–H groups in total. The maximum absolute atomic E-state index is 13.4. The number of para-hydroxylation sites is 2. The van der Waals surface area contributed by atoms with Gasteiger partial charge in [-0.15, -0.1) is 0 Å². The van der Waals surface area contributed by atoms with Crippen molar-refractivity contribution in [3.8, 4) is 0 Å². The molecule has 6 aromatic carbocycles. The number of amides is 2. The summed E-state index contributed by atoms with van der Waals surface area (Å²) in [4.78, 5) is 55.0. The molecule has 0 radical (unpaired) electrons. The van der Waals surface area contributed by atoms with E-state index in [1.165, 1.54) is 9.80 Å². The molecule has 12 heteroatoms. The number of carbonyl (C=O) groups excluding carboxylic acids is 4. The Bertz CT molecular complexity index is 2480. The molecular formula is C50H40Cl2N2O8. The monoisotopic (exact) mass is 866 g/mol. The van der Waals surface area contributed by atoms with Gasteiger partial charge in [0.1, 0.15) is 13.2 Å². The Kier molecular flexibility index (Phi) is 12.9. The molecule has 2 atom stereocenters. The number of hydrogen-bond donors (Lipinski definition) is 2. The summed E-state index contributed by atoms with van der Waals surface area (Å²) in [5.41, 5.74) is -0.831. The van der Waals surface area contributed by atoms with Gasteiger partial charge in [0.05, 0.1) is 45.7 Å². The number of aliphatic hydroxyl groups is 2. The number of esters is 2. The van der Waals surface area contributed by atoms with Gasteiger partial charge in [0.15, 0.2) is 0 Å². The largest absolute Gasteiger partial charge is 0.457 e. The van der Waals surface area contributed by atoms with E-state index in [0.717, 1.165) is 22.3 Å². The Balaban J connectivity index is 0.000000186. The number of halogens is 2. The Labute approximate surface area is 368 Å². The summed E-state index contributed by atoms with van der Waals surface area (Å²) in [6, 6.07) is 46.5. The van der Waals surface area contributed by atoms with Crippen molar-refractivity contribution >= 4 is 58.3 Å². The first-order valence-electron chi connectivity index (χ1n) is 19.4. The minimum absolute atomic E-state index is 0.000896. The standard InChI is InChI=1S/2C25H20ClNO4/c2*1-17(23(28)31-16-19-11-6-3-7-12-19)25(30)20-13-8-14-21(26)22(20)27(24(25)29)15-18-9-4-2-5-10-18/h2*2-14,30H,1,15-16H2/t2*25-/m00/s1. The first-order valence-corrected chi connectivity index (χ1v) is 20.2. The lowest BCUT2D eigenvalue weighted by atomic mass is 9.88. The number of hydrogen-bond acceptors (Lipinski definition) is 8. The molecule has 6 aromatic rings. The van der Waals surface area contributed by atoms with E-state index in [-0.39, 0.29) is 48.6 Å². The van der Waals surface area contributed by atoms with Gasteiger partial charge in [-0.05, 0) is 34.4 Å². The van der Waals surface area contributed by atoms with Gasteiger partial charge in [-0.1, -0.05) is 182 Å². The van der Waals surface area contributed by atoms with E-state index in [1.807, 2.05) is 121 Å². The van der Waals surface area contributed by atoms with Gasteiger partial charge in [0.2, 0.25) is 11.2 Å². The lowest BCUT2D eigenvalue weighted by Crippen LogP contribution is -2.43. The number of carbonyl (C=O) groups is 4. The Morgan fingerprint density at radius 1 is 0.484 bits per heavy atom. The molecule has 0 spiro atoms. The number of nitrogens with zero attached hydrogens (tertiary/aromatic N) is 2. The van der Waals surface area contributed by atoms with Crippen molar-refractivity contribution in [2.75, 3.05) is 9.80 Å². The van der Waals surface area contributed by atoms with Gasteiger partial charge in [-0.2, -0.15) is 0 Å². The van der Waals surface area contributed by atoms with Crippen LogP contribution in [-0.2, 0) is 66.2 Å². The van der Waals surface area contributed by atoms with Crippen molar-refractivity contribution in [1.82, 2.24) is 0 Å². The molecule has 2 heterocycles. The third-order valence-corrected chi connectivity index (χ3v) is 11.2. The van der Waals surface area contributed by atoms with Crippen LogP contribution in [0.1, 0.15) is 33.4 Å². The van der Waals surface area contributed by atoms with Gasteiger partial charge in [-0.25, -0.2) is 9.59 Å². The molecule has 312 valence electrons. The van der Waals surface area contributed by atoms with Gasteiger partial charge < -0.3 is 29.5 Å². The zero-order valence-corrected chi connectivity index (χ0v) is 34.8. The first kappa shape index (κ1) is 43.3. The number of benzene rings is 6. The van der Waals surface area contributed by atoms with Crippen LogP contribution in [0, 0.1) is 0 Å². The van der Waals surface area contributed by atoms with Crippen molar-refractivity contribution < 1.29 is 38.9 Å². The predicted octanol–water partition coefficient (Wildman–Crippen LogP) is 8.75. The molecule has 0 unspecified atom stereocenters. The Hall–Kier alpha value is -6.82. The van der Waals surface area contributed by atoms with Gasteiger partial charge in [-0.3, -0.25) is 9.59 Å². The molecule has 2 aliphatic rings.